The number of benzene rings is 1. The van der Waals surface area contributed by atoms with Gasteiger partial charge in [-0.25, -0.2) is 0 Å². The Morgan fingerprint density at radius 3 is 2.67 bits per heavy atom. The Labute approximate surface area is 148 Å². The lowest BCUT2D eigenvalue weighted by molar-refractivity contribution is -0.125. The van der Waals surface area contributed by atoms with E-state index >= 15 is 0 Å². The molecule has 0 spiro atoms. The highest BCUT2D eigenvalue weighted by molar-refractivity contribution is 5.85. The maximum Gasteiger partial charge on any atom is 0.225 e. The van der Waals surface area contributed by atoms with Crippen molar-refractivity contribution in [1.82, 2.24) is 20.4 Å². The van der Waals surface area contributed by atoms with Gasteiger partial charge in [0.05, 0.1) is 17.7 Å². The molecule has 2 aliphatic rings. The van der Waals surface area contributed by atoms with Crippen LogP contribution in [0.1, 0.15) is 29.9 Å². The summed E-state index contributed by atoms with van der Waals surface area (Å²) in [7, 11) is 1.91. The molecule has 1 saturated carbocycles. The van der Waals surface area contributed by atoms with E-state index < -0.39 is 0 Å². The second kappa shape index (κ2) is 6.57. The first-order valence-electron chi connectivity index (χ1n) is 8.25. The van der Waals surface area contributed by atoms with Gasteiger partial charge in [-0.1, -0.05) is 30.3 Å². The minimum atomic E-state index is -0.138. The largest absolute Gasteiger partial charge is 0.346 e. The van der Waals surface area contributed by atoms with Gasteiger partial charge in [-0.05, 0) is 24.0 Å². The minimum Gasteiger partial charge on any atom is -0.346 e. The zero-order valence-electron chi connectivity index (χ0n) is 13.7. The van der Waals surface area contributed by atoms with Crippen LogP contribution in [0.3, 0.4) is 0 Å². The fraction of sp³-hybridized carbons (Fsp3) is 0.444. The summed E-state index contributed by atoms with van der Waals surface area (Å²) in [5, 5.41) is 10.9. The molecule has 1 saturated heterocycles. The van der Waals surface area contributed by atoms with Gasteiger partial charge in [-0.15, -0.1) is 12.4 Å². The van der Waals surface area contributed by atoms with Gasteiger partial charge in [0.25, 0.3) is 0 Å². The van der Waals surface area contributed by atoms with Crippen LogP contribution in [0.4, 0.5) is 0 Å². The topological polar surface area (TPSA) is 59.0 Å². The number of amides is 1. The number of carbonyl (C=O) groups is 1. The Hall–Kier alpha value is -1.85. The average molecular weight is 347 g/mol. The minimum absolute atomic E-state index is 0. The van der Waals surface area contributed by atoms with Crippen LogP contribution < -0.4 is 10.6 Å². The number of nitrogens with zero attached hydrogens (tertiary/aromatic N) is 2. The number of nitrogens with one attached hydrogen (secondary N) is 2. The van der Waals surface area contributed by atoms with Crippen LogP contribution in [0.2, 0.25) is 0 Å². The molecule has 2 atom stereocenters. The molecule has 2 aromatic rings. The number of rotatable bonds is 4. The normalized spacial score (nSPS) is 24.2. The van der Waals surface area contributed by atoms with E-state index in [0.29, 0.717) is 0 Å². The van der Waals surface area contributed by atoms with E-state index in [9.17, 15) is 4.79 Å². The lowest BCUT2D eigenvalue weighted by Gasteiger charge is -2.23. The van der Waals surface area contributed by atoms with Crippen molar-refractivity contribution in [3.8, 4) is 0 Å². The molecule has 1 aliphatic heterocycles. The van der Waals surface area contributed by atoms with Crippen molar-refractivity contribution in [2.24, 2.45) is 13.0 Å². The van der Waals surface area contributed by atoms with Gasteiger partial charge in [-0.2, -0.15) is 5.10 Å². The Morgan fingerprint density at radius 1 is 1.29 bits per heavy atom. The first kappa shape index (κ1) is 17.0. The molecular formula is C18H23ClN4O. The molecule has 4 rings (SSSR count). The lowest BCUT2D eigenvalue weighted by Crippen LogP contribution is -2.41. The van der Waals surface area contributed by atoms with Gasteiger partial charge in [0, 0.05) is 32.3 Å². The number of carbonyl (C=O) groups excluding carboxylic acids is 1. The van der Waals surface area contributed by atoms with E-state index in [4.69, 9.17) is 0 Å². The zero-order valence-corrected chi connectivity index (χ0v) is 14.6. The van der Waals surface area contributed by atoms with Crippen LogP contribution in [0.15, 0.2) is 42.7 Å². The summed E-state index contributed by atoms with van der Waals surface area (Å²) in [6.07, 6.45) is 5.95. The predicted octanol–water partition coefficient (Wildman–Crippen LogP) is 1.95. The van der Waals surface area contributed by atoms with Crippen molar-refractivity contribution in [1.29, 1.82) is 0 Å². The number of aryl methyl sites for hydroxylation is 1. The summed E-state index contributed by atoms with van der Waals surface area (Å²) in [6.45, 7) is 1.57. The van der Waals surface area contributed by atoms with Crippen molar-refractivity contribution < 1.29 is 4.79 Å². The summed E-state index contributed by atoms with van der Waals surface area (Å²) in [4.78, 5) is 12.9. The molecular weight excluding hydrogens is 324 g/mol. The van der Waals surface area contributed by atoms with Crippen LogP contribution >= 0.6 is 12.4 Å². The first-order chi connectivity index (χ1) is 11.2. The van der Waals surface area contributed by atoms with Crippen molar-refractivity contribution in [3.05, 3.63) is 53.9 Å². The van der Waals surface area contributed by atoms with Crippen molar-refractivity contribution in [3.63, 3.8) is 0 Å². The molecule has 6 heteroatoms. The highest BCUT2D eigenvalue weighted by atomic mass is 35.5. The Kier molecular flexibility index (Phi) is 4.65. The smallest absolute Gasteiger partial charge is 0.225 e. The molecule has 24 heavy (non-hydrogen) atoms. The Balaban J connectivity index is 0.00000169. The number of hydrogen-bond donors (Lipinski definition) is 2. The monoisotopic (exact) mass is 346 g/mol. The Morgan fingerprint density at radius 2 is 2.04 bits per heavy atom. The second-order valence-corrected chi connectivity index (χ2v) is 6.76. The van der Waals surface area contributed by atoms with Gasteiger partial charge in [0.2, 0.25) is 5.91 Å². The number of aromatic nitrogens is 2. The molecule has 128 valence electrons. The van der Waals surface area contributed by atoms with Crippen molar-refractivity contribution >= 4 is 18.3 Å². The molecule has 1 amide bonds. The van der Waals surface area contributed by atoms with E-state index in [-0.39, 0.29) is 35.7 Å². The fourth-order valence-corrected chi connectivity index (χ4v) is 3.63. The van der Waals surface area contributed by atoms with Crippen molar-refractivity contribution in [2.45, 2.75) is 24.3 Å². The maximum absolute atomic E-state index is 12.9. The predicted molar refractivity (Wildman–Crippen MR) is 95.1 cm³/mol. The maximum atomic E-state index is 12.9. The van der Waals surface area contributed by atoms with E-state index in [1.165, 1.54) is 5.56 Å². The van der Waals surface area contributed by atoms with E-state index in [1.807, 2.05) is 37.6 Å². The van der Waals surface area contributed by atoms with Crippen molar-refractivity contribution in [2.75, 3.05) is 13.1 Å². The number of halogens is 1. The SMILES string of the molecule is Cl.Cn1cc([C@H]2CNC[C@@H]2C(=O)NC2(c3ccccc3)CC2)cn1. The third kappa shape index (κ3) is 3.06. The molecule has 1 aliphatic carbocycles. The third-order valence-corrected chi connectivity index (χ3v) is 5.14. The molecule has 0 bridgehead atoms. The van der Waals surface area contributed by atoms with Crippen LogP contribution in [0.25, 0.3) is 0 Å². The van der Waals surface area contributed by atoms with Crippen LogP contribution in [0, 0.1) is 5.92 Å². The van der Waals surface area contributed by atoms with Gasteiger partial charge < -0.3 is 10.6 Å². The molecule has 0 unspecified atom stereocenters. The molecule has 2 N–H and O–H groups in total. The standard InChI is InChI=1S/C18H22N4O.ClH/c1-22-12-13(9-20-22)15-10-19-11-16(15)17(23)21-18(7-8-18)14-5-3-2-4-6-14;/h2-6,9,12,15-16,19H,7-8,10-11H2,1H3,(H,21,23);1H/t15-,16+;/m1./s1. The zero-order chi connectivity index (χ0) is 15.9. The van der Waals surface area contributed by atoms with E-state index in [1.54, 1.807) is 4.68 Å². The molecule has 1 aromatic carbocycles. The second-order valence-electron chi connectivity index (χ2n) is 6.76. The van der Waals surface area contributed by atoms with Gasteiger partial charge in [0.15, 0.2) is 0 Å². The Bertz CT molecular complexity index is 711. The van der Waals surface area contributed by atoms with Gasteiger partial charge in [0.1, 0.15) is 0 Å². The molecule has 0 radical (unpaired) electrons. The summed E-state index contributed by atoms with van der Waals surface area (Å²) >= 11 is 0. The summed E-state index contributed by atoms with van der Waals surface area (Å²) < 4.78 is 1.80. The molecule has 5 nitrogen and oxygen atoms in total. The molecule has 2 heterocycles. The highest BCUT2D eigenvalue weighted by Crippen LogP contribution is 2.46. The quantitative estimate of drug-likeness (QED) is 0.889. The molecule has 2 fully saturated rings. The summed E-state index contributed by atoms with van der Waals surface area (Å²) in [5.74, 6) is 0.334. The summed E-state index contributed by atoms with van der Waals surface area (Å²) in [5.41, 5.74) is 2.22. The average Bonchev–Trinajstić information content (AvgIpc) is 2.99. The number of hydrogen-bond acceptors (Lipinski definition) is 3. The van der Waals surface area contributed by atoms with Crippen LogP contribution in [0.5, 0.6) is 0 Å². The highest BCUT2D eigenvalue weighted by Gasteiger charge is 2.47. The van der Waals surface area contributed by atoms with Crippen LogP contribution in [-0.4, -0.2) is 28.8 Å². The van der Waals surface area contributed by atoms with Gasteiger partial charge >= 0.3 is 0 Å². The summed E-state index contributed by atoms with van der Waals surface area (Å²) in [6, 6.07) is 10.3. The molecule has 1 aromatic heterocycles. The first-order valence-corrected chi connectivity index (χ1v) is 8.25. The lowest BCUT2D eigenvalue weighted by atomic mass is 9.89. The fourth-order valence-electron chi connectivity index (χ4n) is 3.63. The van der Waals surface area contributed by atoms with E-state index in [2.05, 4.69) is 27.9 Å². The van der Waals surface area contributed by atoms with Crippen LogP contribution in [-0.2, 0) is 17.4 Å². The third-order valence-electron chi connectivity index (χ3n) is 5.14. The van der Waals surface area contributed by atoms with Gasteiger partial charge in [-0.3, -0.25) is 9.48 Å². The van der Waals surface area contributed by atoms with E-state index in [0.717, 1.165) is 31.5 Å².